The lowest BCUT2D eigenvalue weighted by Crippen LogP contribution is -2.41. The van der Waals surface area contributed by atoms with Crippen molar-refractivity contribution in [2.24, 2.45) is 5.92 Å². The van der Waals surface area contributed by atoms with E-state index in [-0.39, 0.29) is 12.0 Å². The number of thiophene rings is 1. The minimum Gasteiger partial charge on any atom is -0.489 e. The minimum absolute atomic E-state index is 0.0106. The average Bonchev–Trinajstić information content (AvgIpc) is 3.28. The Balaban J connectivity index is 1.50. The van der Waals surface area contributed by atoms with E-state index in [1.165, 1.54) is 15.6 Å². The standard InChI is InChI=1S/C28H27NO3S/c30-28(31)22-11-7-15-29(17-22)27(25-19-33-26-14-5-4-13-24(25)26)21-10-6-12-23(16-21)32-18-20-8-2-1-3-9-20/h1-6,8-10,12-14,16,19,22,27H,7,11,15,17-18H2,(H,30,31). The number of ether oxygens (including phenoxy) is 1. The molecule has 2 atom stereocenters. The molecule has 2 unspecified atom stereocenters. The SMILES string of the molecule is O=C(O)C1CCCN(C(c2cccc(OCc3ccccc3)c2)c2csc3ccccc23)C1. The number of carboxylic acid groups (broad SMARTS) is 1. The molecule has 1 N–H and O–H groups in total. The fourth-order valence-corrected chi connectivity index (χ4v) is 5.73. The number of likely N-dealkylation sites (tertiary alicyclic amines) is 1. The predicted octanol–water partition coefficient (Wildman–Crippen LogP) is 6.37. The summed E-state index contributed by atoms with van der Waals surface area (Å²) in [6.45, 7) is 1.95. The maximum absolute atomic E-state index is 11.8. The Morgan fingerprint density at radius 2 is 1.88 bits per heavy atom. The van der Waals surface area contributed by atoms with Crippen molar-refractivity contribution in [2.45, 2.75) is 25.5 Å². The third kappa shape index (κ3) is 4.80. The van der Waals surface area contributed by atoms with Crippen LogP contribution in [0.5, 0.6) is 5.75 Å². The van der Waals surface area contributed by atoms with Crippen molar-refractivity contribution in [2.75, 3.05) is 13.1 Å². The zero-order chi connectivity index (χ0) is 22.6. The van der Waals surface area contributed by atoms with Gasteiger partial charge in [0, 0.05) is 11.2 Å². The second-order valence-corrected chi connectivity index (χ2v) is 9.52. The molecule has 4 aromatic rings. The molecule has 1 saturated heterocycles. The van der Waals surface area contributed by atoms with Gasteiger partial charge in [0.05, 0.1) is 12.0 Å². The molecule has 2 heterocycles. The molecule has 1 aliphatic heterocycles. The number of piperidine rings is 1. The Hall–Kier alpha value is -3.15. The van der Waals surface area contributed by atoms with Gasteiger partial charge in [0.15, 0.2) is 0 Å². The van der Waals surface area contributed by atoms with Crippen LogP contribution in [0.4, 0.5) is 0 Å². The molecule has 0 radical (unpaired) electrons. The van der Waals surface area contributed by atoms with E-state index in [1.807, 2.05) is 30.3 Å². The highest BCUT2D eigenvalue weighted by Gasteiger charge is 2.32. The van der Waals surface area contributed by atoms with Crippen LogP contribution < -0.4 is 4.74 Å². The van der Waals surface area contributed by atoms with E-state index in [1.54, 1.807) is 11.3 Å². The van der Waals surface area contributed by atoms with Crippen LogP contribution in [0.1, 0.15) is 35.6 Å². The van der Waals surface area contributed by atoms with Crippen LogP contribution >= 0.6 is 11.3 Å². The lowest BCUT2D eigenvalue weighted by Gasteiger charge is -2.37. The Kier molecular flexibility index (Phi) is 6.42. The lowest BCUT2D eigenvalue weighted by atomic mass is 9.91. The number of benzene rings is 3. The summed E-state index contributed by atoms with van der Waals surface area (Å²) >= 11 is 1.75. The smallest absolute Gasteiger partial charge is 0.307 e. The van der Waals surface area contributed by atoms with Crippen molar-refractivity contribution in [3.05, 3.63) is 101 Å². The molecule has 0 saturated carbocycles. The number of rotatable bonds is 7. The van der Waals surface area contributed by atoms with Crippen LogP contribution in [0, 0.1) is 5.92 Å². The topological polar surface area (TPSA) is 49.8 Å². The Morgan fingerprint density at radius 3 is 2.73 bits per heavy atom. The Morgan fingerprint density at radius 1 is 1.06 bits per heavy atom. The minimum atomic E-state index is -0.700. The number of aliphatic carboxylic acids is 1. The van der Waals surface area contributed by atoms with Crippen molar-refractivity contribution in [3.63, 3.8) is 0 Å². The van der Waals surface area contributed by atoms with Crippen LogP contribution in [0.3, 0.4) is 0 Å². The van der Waals surface area contributed by atoms with Crippen molar-refractivity contribution in [3.8, 4) is 5.75 Å². The van der Waals surface area contributed by atoms with Gasteiger partial charge in [-0.05, 0) is 65.0 Å². The second-order valence-electron chi connectivity index (χ2n) is 8.61. The molecule has 0 aliphatic carbocycles. The van der Waals surface area contributed by atoms with E-state index >= 15 is 0 Å². The van der Waals surface area contributed by atoms with E-state index in [0.717, 1.165) is 36.3 Å². The number of nitrogens with zero attached hydrogens (tertiary/aromatic N) is 1. The summed E-state index contributed by atoms with van der Waals surface area (Å²) in [5.74, 6) is -0.204. The van der Waals surface area contributed by atoms with Gasteiger partial charge in [0.2, 0.25) is 0 Å². The fraction of sp³-hybridized carbons (Fsp3) is 0.250. The highest BCUT2D eigenvalue weighted by molar-refractivity contribution is 7.17. The zero-order valence-electron chi connectivity index (χ0n) is 18.4. The van der Waals surface area contributed by atoms with Gasteiger partial charge in [-0.1, -0.05) is 60.7 Å². The van der Waals surface area contributed by atoms with Crippen LogP contribution in [-0.2, 0) is 11.4 Å². The van der Waals surface area contributed by atoms with Gasteiger partial charge in [-0.3, -0.25) is 9.69 Å². The maximum Gasteiger partial charge on any atom is 0.307 e. The summed E-state index contributed by atoms with van der Waals surface area (Å²) in [4.78, 5) is 14.1. The van der Waals surface area contributed by atoms with E-state index in [0.29, 0.717) is 13.2 Å². The van der Waals surface area contributed by atoms with Crippen molar-refractivity contribution >= 4 is 27.4 Å². The van der Waals surface area contributed by atoms with E-state index in [2.05, 4.69) is 58.8 Å². The number of carboxylic acids is 1. The first-order valence-electron chi connectivity index (χ1n) is 11.4. The first-order valence-corrected chi connectivity index (χ1v) is 12.3. The lowest BCUT2D eigenvalue weighted by molar-refractivity contribution is -0.143. The highest BCUT2D eigenvalue weighted by atomic mass is 32.1. The molecule has 0 spiro atoms. The second kappa shape index (κ2) is 9.77. The van der Waals surface area contributed by atoms with Gasteiger partial charge < -0.3 is 9.84 Å². The monoisotopic (exact) mass is 457 g/mol. The Bertz CT molecular complexity index is 1240. The summed E-state index contributed by atoms with van der Waals surface area (Å²) in [6.07, 6.45) is 1.63. The molecule has 0 amide bonds. The summed E-state index contributed by atoms with van der Waals surface area (Å²) < 4.78 is 7.38. The quantitative estimate of drug-likeness (QED) is 0.350. The number of hydrogen-bond donors (Lipinski definition) is 1. The van der Waals surface area contributed by atoms with Crippen molar-refractivity contribution in [1.29, 1.82) is 0 Å². The first kappa shape index (κ1) is 21.7. The third-order valence-corrected chi connectivity index (χ3v) is 7.38. The van der Waals surface area contributed by atoms with Gasteiger partial charge in [-0.2, -0.15) is 0 Å². The molecule has 1 aliphatic rings. The van der Waals surface area contributed by atoms with Gasteiger partial charge in [0.25, 0.3) is 0 Å². The normalized spacial score (nSPS) is 17.6. The largest absolute Gasteiger partial charge is 0.489 e. The summed E-state index contributed by atoms with van der Waals surface area (Å²) in [5, 5.41) is 13.2. The number of fused-ring (bicyclic) bond motifs is 1. The van der Waals surface area contributed by atoms with Crippen LogP contribution in [0.25, 0.3) is 10.1 Å². The predicted molar refractivity (Wildman–Crippen MR) is 133 cm³/mol. The summed E-state index contributed by atoms with van der Waals surface area (Å²) in [7, 11) is 0. The summed E-state index contributed by atoms with van der Waals surface area (Å²) in [5.41, 5.74) is 3.50. The number of carbonyl (C=O) groups is 1. The third-order valence-electron chi connectivity index (χ3n) is 6.39. The van der Waals surface area contributed by atoms with E-state index in [4.69, 9.17) is 4.74 Å². The average molecular weight is 458 g/mol. The maximum atomic E-state index is 11.8. The molecule has 1 fully saturated rings. The summed E-state index contributed by atoms with van der Waals surface area (Å²) in [6, 6.07) is 26.9. The first-order chi connectivity index (χ1) is 16.2. The molecule has 5 heteroatoms. The van der Waals surface area contributed by atoms with Crippen LogP contribution in [0.2, 0.25) is 0 Å². The molecule has 168 valence electrons. The fourth-order valence-electron chi connectivity index (χ4n) is 4.75. The number of hydrogen-bond acceptors (Lipinski definition) is 4. The molecule has 0 bridgehead atoms. The van der Waals surface area contributed by atoms with Crippen molar-refractivity contribution < 1.29 is 14.6 Å². The van der Waals surface area contributed by atoms with Crippen molar-refractivity contribution in [1.82, 2.24) is 4.90 Å². The molecular formula is C28H27NO3S. The van der Waals surface area contributed by atoms with Crippen LogP contribution in [0.15, 0.2) is 84.2 Å². The van der Waals surface area contributed by atoms with E-state index < -0.39 is 5.97 Å². The van der Waals surface area contributed by atoms with Gasteiger partial charge >= 0.3 is 5.97 Å². The van der Waals surface area contributed by atoms with Gasteiger partial charge in [0.1, 0.15) is 12.4 Å². The molecule has 3 aromatic carbocycles. The molecule has 4 nitrogen and oxygen atoms in total. The molecule has 5 rings (SSSR count). The molecule has 1 aromatic heterocycles. The van der Waals surface area contributed by atoms with Gasteiger partial charge in [-0.25, -0.2) is 0 Å². The Labute approximate surface area is 198 Å². The molecular weight excluding hydrogens is 430 g/mol. The highest BCUT2D eigenvalue weighted by Crippen LogP contribution is 2.39. The zero-order valence-corrected chi connectivity index (χ0v) is 19.2. The van der Waals surface area contributed by atoms with Crippen LogP contribution in [-0.4, -0.2) is 29.1 Å². The van der Waals surface area contributed by atoms with E-state index in [9.17, 15) is 9.90 Å². The molecule has 33 heavy (non-hydrogen) atoms. The van der Waals surface area contributed by atoms with Gasteiger partial charge in [-0.15, -0.1) is 11.3 Å².